The van der Waals surface area contributed by atoms with Crippen LogP contribution in [-0.4, -0.2) is 17.4 Å². The van der Waals surface area contributed by atoms with Crippen molar-refractivity contribution < 1.29 is 9.72 Å². The first-order valence-electron chi connectivity index (χ1n) is 7.62. The van der Waals surface area contributed by atoms with Crippen LogP contribution in [0.2, 0.25) is 0 Å². The number of nitriles is 1. The van der Waals surface area contributed by atoms with E-state index < -0.39 is 4.92 Å². The molecule has 0 aliphatic carbocycles. The van der Waals surface area contributed by atoms with Gasteiger partial charge in [0.2, 0.25) is 5.91 Å². The Balaban J connectivity index is 2.13. The molecule has 2 rings (SSSR count). The molecule has 0 bridgehead atoms. The molecule has 1 amide bonds. The van der Waals surface area contributed by atoms with Crippen LogP contribution in [0.1, 0.15) is 22.3 Å². The van der Waals surface area contributed by atoms with Crippen molar-refractivity contribution in [3.05, 3.63) is 62.7 Å². The molecule has 0 aromatic heterocycles. The first kappa shape index (κ1) is 17.9. The lowest BCUT2D eigenvalue weighted by Gasteiger charge is -2.13. The van der Waals surface area contributed by atoms with Crippen LogP contribution in [0.25, 0.3) is 0 Å². The van der Waals surface area contributed by atoms with Crippen molar-refractivity contribution in [3.8, 4) is 6.07 Å². The van der Waals surface area contributed by atoms with Gasteiger partial charge in [-0.3, -0.25) is 14.9 Å². The number of amides is 1. The molecule has 7 nitrogen and oxygen atoms in total. The molecule has 128 valence electrons. The normalized spacial score (nSPS) is 10.0. The number of nitrogens with one attached hydrogen (secondary N) is 2. The summed E-state index contributed by atoms with van der Waals surface area (Å²) in [5.74, 6) is -0.327. The average Bonchev–Trinajstić information content (AvgIpc) is 2.55. The summed E-state index contributed by atoms with van der Waals surface area (Å²) in [6.07, 6.45) is 0. The summed E-state index contributed by atoms with van der Waals surface area (Å²) in [5, 5.41) is 25.5. The van der Waals surface area contributed by atoms with Gasteiger partial charge in [-0.15, -0.1) is 0 Å². The number of aryl methyl sites for hydroxylation is 3. The number of rotatable bonds is 5. The van der Waals surface area contributed by atoms with Crippen molar-refractivity contribution in [2.24, 2.45) is 0 Å². The predicted octanol–water partition coefficient (Wildman–Crippen LogP) is 3.44. The molecule has 0 radical (unpaired) electrons. The SMILES string of the molecule is Cc1cc(C)c(NC(=O)CNc2cc(C#N)ccc2[N+](=O)[O-])c(C)c1. The second-order valence-corrected chi connectivity index (χ2v) is 5.78. The molecule has 2 aromatic carbocycles. The number of hydrogen-bond donors (Lipinski definition) is 2. The second-order valence-electron chi connectivity index (χ2n) is 5.78. The zero-order valence-electron chi connectivity index (χ0n) is 14.2. The summed E-state index contributed by atoms with van der Waals surface area (Å²) in [4.78, 5) is 22.7. The maximum atomic E-state index is 12.2. The summed E-state index contributed by atoms with van der Waals surface area (Å²) in [5.41, 5.74) is 3.96. The fourth-order valence-corrected chi connectivity index (χ4v) is 2.64. The summed E-state index contributed by atoms with van der Waals surface area (Å²) in [6.45, 7) is 5.64. The third-order valence-electron chi connectivity index (χ3n) is 3.70. The zero-order valence-corrected chi connectivity index (χ0v) is 14.2. The standard InChI is InChI=1S/C18H18N4O3/c1-11-6-12(2)18(13(3)7-11)21-17(23)10-20-15-8-14(9-19)4-5-16(15)22(24)25/h4-8,20H,10H2,1-3H3,(H,21,23). The lowest BCUT2D eigenvalue weighted by atomic mass is 10.1. The van der Waals surface area contributed by atoms with Crippen LogP contribution in [-0.2, 0) is 4.79 Å². The molecule has 0 saturated carbocycles. The van der Waals surface area contributed by atoms with Gasteiger partial charge in [0, 0.05) is 11.8 Å². The highest BCUT2D eigenvalue weighted by molar-refractivity contribution is 5.95. The quantitative estimate of drug-likeness (QED) is 0.641. The van der Waals surface area contributed by atoms with Crippen molar-refractivity contribution in [2.75, 3.05) is 17.2 Å². The minimum Gasteiger partial charge on any atom is -0.371 e. The molecule has 2 aromatic rings. The smallest absolute Gasteiger partial charge is 0.292 e. The van der Waals surface area contributed by atoms with Gasteiger partial charge in [0.25, 0.3) is 5.69 Å². The van der Waals surface area contributed by atoms with Crippen LogP contribution in [0.15, 0.2) is 30.3 Å². The number of anilines is 2. The van der Waals surface area contributed by atoms with Gasteiger partial charge in [-0.2, -0.15) is 5.26 Å². The molecule has 25 heavy (non-hydrogen) atoms. The second kappa shape index (κ2) is 7.45. The highest BCUT2D eigenvalue weighted by Crippen LogP contribution is 2.25. The summed E-state index contributed by atoms with van der Waals surface area (Å²) in [6, 6.07) is 9.82. The van der Waals surface area contributed by atoms with Gasteiger partial charge in [-0.05, 0) is 44.0 Å². The predicted molar refractivity (Wildman–Crippen MR) is 95.6 cm³/mol. The Morgan fingerprint density at radius 2 is 1.84 bits per heavy atom. The summed E-state index contributed by atoms with van der Waals surface area (Å²) >= 11 is 0. The highest BCUT2D eigenvalue weighted by atomic mass is 16.6. The van der Waals surface area contributed by atoms with Gasteiger partial charge in [0.15, 0.2) is 0 Å². The number of nitro benzene ring substituents is 1. The van der Waals surface area contributed by atoms with E-state index in [9.17, 15) is 14.9 Å². The van der Waals surface area contributed by atoms with E-state index in [0.29, 0.717) is 0 Å². The maximum Gasteiger partial charge on any atom is 0.292 e. The zero-order chi connectivity index (χ0) is 18.6. The molecule has 0 aliphatic heterocycles. The first-order valence-corrected chi connectivity index (χ1v) is 7.62. The molecule has 7 heteroatoms. The van der Waals surface area contributed by atoms with E-state index in [-0.39, 0.29) is 29.4 Å². The minimum atomic E-state index is -0.560. The van der Waals surface area contributed by atoms with Crippen molar-refractivity contribution >= 4 is 23.0 Å². The van der Waals surface area contributed by atoms with Crippen LogP contribution in [0.4, 0.5) is 17.1 Å². The van der Waals surface area contributed by atoms with Crippen LogP contribution >= 0.6 is 0 Å². The number of carbonyl (C=O) groups is 1. The number of hydrogen-bond acceptors (Lipinski definition) is 5. The number of carbonyl (C=O) groups excluding carboxylic acids is 1. The third kappa shape index (κ3) is 4.32. The third-order valence-corrected chi connectivity index (χ3v) is 3.70. The average molecular weight is 338 g/mol. The van der Waals surface area contributed by atoms with Gasteiger partial charge in [-0.1, -0.05) is 17.7 Å². The Hall–Kier alpha value is -3.40. The van der Waals surface area contributed by atoms with E-state index in [4.69, 9.17) is 5.26 Å². The van der Waals surface area contributed by atoms with Gasteiger partial charge < -0.3 is 10.6 Å². The molecular formula is C18H18N4O3. The Kier molecular flexibility index (Phi) is 5.35. The Morgan fingerprint density at radius 1 is 1.20 bits per heavy atom. The van der Waals surface area contributed by atoms with Gasteiger partial charge in [-0.25, -0.2) is 0 Å². The van der Waals surface area contributed by atoms with Crippen LogP contribution in [0, 0.1) is 42.2 Å². The molecule has 0 aliphatic rings. The van der Waals surface area contributed by atoms with E-state index in [1.165, 1.54) is 18.2 Å². The lowest BCUT2D eigenvalue weighted by Crippen LogP contribution is -2.23. The molecule has 0 saturated heterocycles. The molecular weight excluding hydrogens is 320 g/mol. The fourth-order valence-electron chi connectivity index (χ4n) is 2.64. The monoisotopic (exact) mass is 338 g/mol. The Bertz CT molecular complexity index is 861. The summed E-state index contributed by atoms with van der Waals surface area (Å²) < 4.78 is 0. The lowest BCUT2D eigenvalue weighted by molar-refractivity contribution is -0.384. The molecule has 0 spiro atoms. The topological polar surface area (TPSA) is 108 Å². The van der Waals surface area contributed by atoms with Crippen molar-refractivity contribution in [1.29, 1.82) is 5.26 Å². The first-order chi connectivity index (χ1) is 11.8. The highest BCUT2D eigenvalue weighted by Gasteiger charge is 2.15. The number of nitrogens with zero attached hydrogens (tertiary/aromatic N) is 2. The van der Waals surface area contributed by atoms with E-state index in [1.54, 1.807) is 0 Å². The van der Waals surface area contributed by atoms with Crippen LogP contribution in [0.5, 0.6) is 0 Å². The fraction of sp³-hybridized carbons (Fsp3) is 0.222. The van der Waals surface area contributed by atoms with Crippen LogP contribution < -0.4 is 10.6 Å². The van der Waals surface area contributed by atoms with E-state index in [2.05, 4.69) is 10.6 Å². The van der Waals surface area contributed by atoms with Crippen molar-refractivity contribution in [3.63, 3.8) is 0 Å². The van der Waals surface area contributed by atoms with E-state index in [0.717, 1.165) is 22.4 Å². The van der Waals surface area contributed by atoms with Gasteiger partial charge in [0.1, 0.15) is 5.69 Å². The van der Waals surface area contributed by atoms with E-state index >= 15 is 0 Å². The molecule has 2 N–H and O–H groups in total. The largest absolute Gasteiger partial charge is 0.371 e. The Morgan fingerprint density at radius 3 is 2.40 bits per heavy atom. The van der Waals surface area contributed by atoms with E-state index in [1.807, 2.05) is 39.0 Å². The molecule has 0 atom stereocenters. The van der Waals surface area contributed by atoms with Gasteiger partial charge in [0.05, 0.1) is 23.1 Å². The Labute approximate surface area is 145 Å². The molecule has 0 heterocycles. The van der Waals surface area contributed by atoms with Gasteiger partial charge >= 0.3 is 0 Å². The molecule has 0 fully saturated rings. The number of nitro groups is 1. The maximum absolute atomic E-state index is 12.2. The van der Waals surface area contributed by atoms with Crippen molar-refractivity contribution in [2.45, 2.75) is 20.8 Å². The summed E-state index contributed by atoms with van der Waals surface area (Å²) in [7, 11) is 0. The minimum absolute atomic E-state index is 0.136. The number of benzene rings is 2. The van der Waals surface area contributed by atoms with Crippen LogP contribution in [0.3, 0.4) is 0 Å². The molecule has 0 unspecified atom stereocenters. The van der Waals surface area contributed by atoms with Crippen molar-refractivity contribution in [1.82, 2.24) is 0 Å².